The van der Waals surface area contributed by atoms with Crippen LogP contribution in [0.5, 0.6) is 0 Å². The lowest BCUT2D eigenvalue weighted by Crippen LogP contribution is -2.32. The fraction of sp³-hybridized carbons (Fsp3) is 0.240. The summed E-state index contributed by atoms with van der Waals surface area (Å²) < 4.78 is 1.89. The van der Waals surface area contributed by atoms with Crippen molar-refractivity contribution in [3.63, 3.8) is 0 Å². The smallest absolute Gasteiger partial charge is 0.265 e. The summed E-state index contributed by atoms with van der Waals surface area (Å²) in [6.07, 6.45) is 0.798. The Labute approximate surface area is 190 Å². The summed E-state index contributed by atoms with van der Waals surface area (Å²) in [4.78, 5) is 28.9. The lowest BCUT2D eigenvalue weighted by Gasteiger charge is -2.19. The van der Waals surface area contributed by atoms with E-state index in [4.69, 9.17) is 0 Å². The second kappa shape index (κ2) is 7.91. The summed E-state index contributed by atoms with van der Waals surface area (Å²) in [5.41, 5.74) is 4.64. The first-order valence-corrected chi connectivity index (χ1v) is 11.5. The third-order valence-electron chi connectivity index (χ3n) is 5.76. The van der Waals surface area contributed by atoms with Gasteiger partial charge in [0.05, 0.1) is 16.3 Å². The number of thiophene rings is 1. The van der Waals surface area contributed by atoms with Gasteiger partial charge in [-0.3, -0.25) is 9.59 Å². The first-order valence-electron chi connectivity index (χ1n) is 10.7. The van der Waals surface area contributed by atoms with Gasteiger partial charge in [0.15, 0.2) is 0 Å². The predicted molar refractivity (Wildman–Crippen MR) is 129 cm³/mol. The van der Waals surface area contributed by atoms with Gasteiger partial charge in [-0.05, 0) is 55.3 Å². The van der Waals surface area contributed by atoms with Gasteiger partial charge >= 0.3 is 0 Å². The highest BCUT2D eigenvalue weighted by Gasteiger charge is 2.26. The Morgan fingerprint density at radius 2 is 1.88 bits per heavy atom. The summed E-state index contributed by atoms with van der Waals surface area (Å²) in [7, 11) is 0. The number of aromatic nitrogens is 2. The molecule has 0 unspecified atom stereocenters. The maximum atomic E-state index is 13.0. The highest BCUT2D eigenvalue weighted by molar-refractivity contribution is 7.20. The van der Waals surface area contributed by atoms with Crippen LogP contribution in [0.15, 0.2) is 54.6 Å². The molecule has 0 fully saturated rings. The first-order chi connectivity index (χ1) is 15.4. The van der Waals surface area contributed by atoms with Gasteiger partial charge in [-0.15, -0.1) is 11.3 Å². The number of benzene rings is 2. The molecule has 2 amide bonds. The van der Waals surface area contributed by atoms with Gasteiger partial charge in [0.2, 0.25) is 5.91 Å². The summed E-state index contributed by atoms with van der Waals surface area (Å²) >= 11 is 1.44. The number of carbonyl (C=O) groups is 2. The molecule has 162 valence electrons. The molecular weight excluding hydrogens is 420 g/mol. The number of hydrogen-bond acceptors (Lipinski definition) is 4. The number of para-hydroxylation sites is 1. The molecule has 0 saturated heterocycles. The largest absolute Gasteiger partial charge is 0.321 e. The summed E-state index contributed by atoms with van der Waals surface area (Å²) in [6.45, 7) is 6.48. The fourth-order valence-electron chi connectivity index (χ4n) is 4.12. The van der Waals surface area contributed by atoms with Crippen LogP contribution in [0.25, 0.3) is 15.9 Å². The molecule has 5 rings (SSSR count). The molecule has 0 atom stereocenters. The maximum absolute atomic E-state index is 13.0. The van der Waals surface area contributed by atoms with Gasteiger partial charge in [0.25, 0.3) is 5.91 Å². The number of hydrogen-bond donors (Lipinski definition) is 1. The van der Waals surface area contributed by atoms with E-state index in [1.54, 1.807) is 0 Å². The molecule has 0 radical (unpaired) electrons. The molecule has 4 aromatic rings. The Bertz CT molecular complexity index is 1340. The second-order valence-corrected chi connectivity index (χ2v) is 9.39. The minimum absolute atomic E-state index is 0.0384. The van der Waals surface area contributed by atoms with Gasteiger partial charge < -0.3 is 10.2 Å². The van der Waals surface area contributed by atoms with Gasteiger partial charge in [-0.2, -0.15) is 5.10 Å². The number of rotatable bonds is 4. The van der Waals surface area contributed by atoms with E-state index >= 15 is 0 Å². The zero-order chi connectivity index (χ0) is 22.4. The van der Waals surface area contributed by atoms with Crippen LogP contribution in [0.4, 0.5) is 11.4 Å². The lowest BCUT2D eigenvalue weighted by molar-refractivity contribution is -0.121. The number of carbonyl (C=O) groups excluding carboxylic acids is 2. The molecule has 0 bridgehead atoms. The van der Waals surface area contributed by atoms with Crippen molar-refractivity contribution in [2.45, 2.75) is 27.2 Å². The van der Waals surface area contributed by atoms with Crippen molar-refractivity contribution in [2.75, 3.05) is 16.8 Å². The summed E-state index contributed by atoms with van der Waals surface area (Å²) in [5.74, 6) is -0.0459. The Kier molecular flexibility index (Phi) is 5.06. The highest BCUT2D eigenvalue weighted by Crippen LogP contribution is 2.33. The number of fused-ring (bicyclic) bond motifs is 2. The number of aryl methyl sites for hydroxylation is 1. The van der Waals surface area contributed by atoms with Crippen molar-refractivity contribution in [3.8, 4) is 5.69 Å². The van der Waals surface area contributed by atoms with E-state index in [1.165, 1.54) is 11.3 Å². The van der Waals surface area contributed by atoms with Gasteiger partial charge in [-0.1, -0.05) is 32.0 Å². The molecule has 3 heterocycles. The standard InChI is InChI=1S/C25H24N4O2S/c1-15(2)24(31)28-12-11-17-13-18(9-10-21(17)28)26-23(30)22-14-20-16(3)27-29(25(20)32-22)19-7-5-4-6-8-19/h4-10,13-15H,11-12H2,1-3H3,(H,26,30). The topological polar surface area (TPSA) is 67.2 Å². The Balaban J connectivity index is 1.40. The van der Waals surface area contributed by atoms with Crippen molar-refractivity contribution < 1.29 is 9.59 Å². The Hall–Kier alpha value is -3.45. The van der Waals surface area contributed by atoms with E-state index in [0.29, 0.717) is 11.4 Å². The van der Waals surface area contributed by atoms with E-state index in [2.05, 4.69) is 10.4 Å². The summed E-state index contributed by atoms with van der Waals surface area (Å²) in [5, 5.41) is 8.65. The molecule has 0 spiro atoms. The number of nitrogens with zero attached hydrogens (tertiary/aromatic N) is 3. The van der Waals surface area contributed by atoms with Gasteiger partial charge in [0, 0.05) is 29.2 Å². The Morgan fingerprint density at radius 3 is 2.62 bits per heavy atom. The van der Waals surface area contributed by atoms with Gasteiger partial charge in [0.1, 0.15) is 4.83 Å². The van der Waals surface area contributed by atoms with E-state index in [9.17, 15) is 9.59 Å². The van der Waals surface area contributed by atoms with Crippen molar-refractivity contribution in [2.24, 2.45) is 5.92 Å². The van der Waals surface area contributed by atoms with Crippen LogP contribution < -0.4 is 10.2 Å². The summed E-state index contributed by atoms with van der Waals surface area (Å²) in [6, 6.07) is 17.6. The number of nitrogens with one attached hydrogen (secondary N) is 1. The molecule has 2 aromatic heterocycles. The molecule has 1 aliphatic rings. The normalized spacial score (nSPS) is 13.1. The van der Waals surface area contributed by atoms with Crippen molar-refractivity contribution >= 4 is 44.7 Å². The molecule has 1 N–H and O–H groups in total. The molecule has 32 heavy (non-hydrogen) atoms. The Morgan fingerprint density at radius 1 is 1.09 bits per heavy atom. The quantitative estimate of drug-likeness (QED) is 0.471. The third-order valence-corrected chi connectivity index (χ3v) is 6.87. The van der Waals surface area contributed by atoms with Crippen LogP contribution in [0.1, 0.15) is 34.8 Å². The van der Waals surface area contributed by atoms with E-state index in [-0.39, 0.29) is 17.7 Å². The molecule has 7 heteroatoms. The van der Waals surface area contributed by atoms with Crippen molar-refractivity contribution in [1.29, 1.82) is 0 Å². The average Bonchev–Trinajstić information content (AvgIpc) is 3.48. The zero-order valence-corrected chi connectivity index (χ0v) is 19.1. The van der Waals surface area contributed by atoms with Gasteiger partial charge in [-0.25, -0.2) is 4.68 Å². The number of amides is 2. The zero-order valence-electron chi connectivity index (χ0n) is 18.3. The van der Waals surface area contributed by atoms with E-state index in [1.807, 2.05) is 85.0 Å². The molecular formula is C25H24N4O2S. The van der Waals surface area contributed by atoms with Crippen LogP contribution in [0.3, 0.4) is 0 Å². The fourth-order valence-corrected chi connectivity index (χ4v) is 5.19. The average molecular weight is 445 g/mol. The van der Waals surface area contributed by atoms with Crippen LogP contribution in [0, 0.1) is 12.8 Å². The molecule has 0 aliphatic carbocycles. The number of anilines is 2. The van der Waals surface area contributed by atoms with E-state index in [0.717, 1.165) is 45.0 Å². The van der Waals surface area contributed by atoms with Crippen LogP contribution in [-0.4, -0.2) is 28.1 Å². The third kappa shape index (κ3) is 3.48. The highest BCUT2D eigenvalue weighted by atomic mass is 32.1. The second-order valence-electron chi connectivity index (χ2n) is 8.35. The van der Waals surface area contributed by atoms with Crippen molar-refractivity contribution in [3.05, 3.63) is 70.7 Å². The minimum Gasteiger partial charge on any atom is -0.321 e. The molecule has 6 nitrogen and oxygen atoms in total. The monoisotopic (exact) mass is 444 g/mol. The van der Waals surface area contributed by atoms with Crippen molar-refractivity contribution in [1.82, 2.24) is 9.78 Å². The SMILES string of the molecule is Cc1nn(-c2ccccc2)c2sc(C(=O)Nc3ccc4c(c3)CCN4C(=O)C(C)C)cc12. The molecule has 0 saturated carbocycles. The predicted octanol–water partition coefficient (Wildman–Crippen LogP) is 5.19. The molecule has 1 aliphatic heterocycles. The van der Waals surface area contributed by atoms with E-state index < -0.39 is 0 Å². The minimum atomic E-state index is -0.140. The van der Waals surface area contributed by atoms with Crippen LogP contribution in [-0.2, 0) is 11.2 Å². The lowest BCUT2D eigenvalue weighted by atomic mass is 10.1. The maximum Gasteiger partial charge on any atom is 0.265 e. The molecule has 2 aromatic carbocycles. The first kappa shape index (κ1) is 20.5. The van der Waals surface area contributed by atoms with Crippen LogP contribution in [0.2, 0.25) is 0 Å². The van der Waals surface area contributed by atoms with Crippen LogP contribution >= 0.6 is 11.3 Å².